The van der Waals surface area contributed by atoms with E-state index in [1.807, 2.05) is 25.1 Å². The van der Waals surface area contributed by atoms with Crippen LogP contribution in [0.1, 0.15) is 22.5 Å². The summed E-state index contributed by atoms with van der Waals surface area (Å²) in [5.74, 6) is -0.0653. The molecule has 1 N–H and O–H groups in total. The second-order valence-corrected chi connectivity index (χ2v) is 7.73. The summed E-state index contributed by atoms with van der Waals surface area (Å²) in [4.78, 5) is 12.1. The van der Waals surface area contributed by atoms with Crippen LogP contribution < -0.4 is 5.32 Å². The minimum absolute atomic E-state index is 0.0311. The van der Waals surface area contributed by atoms with Gasteiger partial charge in [-0.2, -0.15) is 5.10 Å². The summed E-state index contributed by atoms with van der Waals surface area (Å²) in [5.41, 5.74) is 2.40. The quantitative estimate of drug-likeness (QED) is 0.918. The summed E-state index contributed by atoms with van der Waals surface area (Å²) in [6.45, 7) is 1.95. The number of amides is 1. The van der Waals surface area contributed by atoms with Crippen molar-refractivity contribution in [1.82, 2.24) is 15.1 Å². The second kappa shape index (κ2) is 5.57. The van der Waals surface area contributed by atoms with E-state index in [1.54, 1.807) is 23.0 Å². The topological polar surface area (TPSA) is 81.1 Å². The van der Waals surface area contributed by atoms with Crippen molar-refractivity contribution in [2.45, 2.75) is 19.4 Å². The van der Waals surface area contributed by atoms with Gasteiger partial charge in [-0.05, 0) is 43.7 Å². The standard InChI is InChI=1S/C15H17N3O3S/c1-11-6-8-16-18(11)14-4-2-12(3-5-14)15(19)17-13-7-9-22(20,21)10-13/h2-6,8,13H,7,9-10H2,1H3,(H,17,19)/t13-/m1/s1. The second-order valence-electron chi connectivity index (χ2n) is 5.50. The molecule has 1 amide bonds. The zero-order valence-corrected chi connectivity index (χ0v) is 13.0. The molecule has 7 heteroatoms. The Morgan fingerprint density at radius 2 is 2.00 bits per heavy atom. The van der Waals surface area contributed by atoms with Gasteiger partial charge in [0.2, 0.25) is 0 Å². The van der Waals surface area contributed by atoms with Gasteiger partial charge in [-0.15, -0.1) is 0 Å². The molecule has 1 aliphatic rings. The van der Waals surface area contributed by atoms with Crippen molar-refractivity contribution in [1.29, 1.82) is 0 Å². The summed E-state index contributed by atoms with van der Waals surface area (Å²) in [7, 11) is -2.99. The van der Waals surface area contributed by atoms with Gasteiger partial charge in [0.25, 0.3) is 5.91 Å². The maximum Gasteiger partial charge on any atom is 0.251 e. The minimum atomic E-state index is -2.99. The lowest BCUT2D eigenvalue weighted by atomic mass is 10.1. The van der Waals surface area contributed by atoms with Gasteiger partial charge in [0.05, 0.1) is 17.2 Å². The first-order chi connectivity index (χ1) is 10.4. The first-order valence-corrected chi connectivity index (χ1v) is 8.89. The maximum atomic E-state index is 12.1. The van der Waals surface area contributed by atoms with Gasteiger partial charge in [0.15, 0.2) is 9.84 Å². The van der Waals surface area contributed by atoms with E-state index in [-0.39, 0.29) is 23.5 Å². The molecule has 0 unspecified atom stereocenters. The Balaban J connectivity index is 1.70. The molecule has 1 aliphatic heterocycles. The Kier molecular flexibility index (Phi) is 3.74. The van der Waals surface area contributed by atoms with Crippen LogP contribution in [0.3, 0.4) is 0 Å². The minimum Gasteiger partial charge on any atom is -0.348 e. The average Bonchev–Trinajstić information content (AvgIpc) is 3.04. The third-order valence-corrected chi connectivity index (χ3v) is 5.54. The highest BCUT2D eigenvalue weighted by Crippen LogP contribution is 2.14. The molecule has 0 aliphatic carbocycles. The van der Waals surface area contributed by atoms with Crippen molar-refractivity contribution in [3.63, 3.8) is 0 Å². The van der Waals surface area contributed by atoms with Crippen LogP contribution >= 0.6 is 0 Å². The molecule has 0 bridgehead atoms. The number of carbonyl (C=O) groups is 1. The first-order valence-electron chi connectivity index (χ1n) is 7.07. The normalized spacial score (nSPS) is 20.0. The number of benzene rings is 1. The van der Waals surface area contributed by atoms with Crippen molar-refractivity contribution in [2.24, 2.45) is 0 Å². The summed E-state index contributed by atoms with van der Waals surface area (Å²) in [6, 6.07) is 8.69. The summed E-state index contributed by atoms with van der Waals surface area (Å²) in [6.07, 6.45) is 2.20. The molecular formula is C15H17N3O3S. The Labute approximate surface area is 129 Å². The van der Waals surface area contributed by atoms with Gasteiger partial charge in [-0.25, -0.2) is 13.1 Å². The number of sulfone groups is 1. The Morgan fingerprint density at radius 3 is 2.55 bits per heavy atom. The molecule has 2 aromatic rings. The first kappa shape index (κ1) is 14.8. The smallest absolute Gasteiger partial charge is 0.251 e. The highest BCUT2D eigenvalue weighted by atomic mass is 32.2. The van der Waals surface area contributed by atoms with Crippen LogP contribution in [0.4, 0.5) is 0 Å². The molecular weight excluding hydrogens is 302 g/mol. The highest BCUT2D eigenvalue weighted by molar-refractivity contribution is 7.91. The van der Waals surface area contributed by atoms with Crippen molar-refractivity contribution in [3.8, 4) is 5.69 Å². The van der Waals surface area contributed by atoms with Gasteiger partial charge >= 0.3 is 0 Å². The number of hydrogen-bond donors (Lipinski definition) is 1. The van der Waals surface area contributed by atoms with E-state index in [9.17, 15) is 13.2 Å². The zero-order chi connectivity index (χ0) is 15.7. The van der Waals surface area contributed by atoms with Crippen molar-refractivity contribution < 1.29 is 13.2 Å². The molecule has 3 rings (SSSR count). The van der Waals surface area contributed by atoms with E-state index in [0.29, 0.717) is 12.0 Å². The largest absolute Gasteiger partial charge is 0.348 e. The van der Waals surface area contributed by atoms with E-state index >= 15 is 0 Å². The Morgan fingerprint density at radius 1 is 1.27 bits per heavy atom. The molecule has 116 valence electrons. The Hall–Kier alpha value is -2.15. The van der Waals surface area contributed by atoms with Gasteiger partial charge in [0, 0.05) is 23.5 Å². The van der Waals surface area contributed by atoms with Crippen molar-refractivity contribution >= 4 is 15.7 Å². The van der Waals surface area contributed by atoms with Crippen molar-refractivity contribution in [2.75, 3.05) is 11.5 Å². The average molecular weight is 319 g/mol. The fourth-order valence-electron chi connectivity index (χ4n) is 2.57. The number of hydrogen-bond acceptors (Lipinski definition) is 4. The fraction of sp³-hybridized carbons (Fsp3) is 0.333. The highest BCUT2D eigenvalue weighted by Gasteiger charge is 2.29. The zero-order valence-electron chi connectivity index (χ0n) is 12.2. The predicted molar refractivity (Wildman–Crippen MR) is 82.8 cm³/mol. The summed E-state index contributed by atoms with van der Waals surface area (Å²) in [5, 5.41) is 6.98. The molecule has 1 fully saturated rings. The molecule has 0 radical (unpaired) electrons. The molecule has 1 aromatic carbocycles. The van der Waals surface area contributed by atoms with Crippen LogP contribution in [0.5, 0.6) is 0 Å². The molecule has 0 spiro atoms. The van der Waals surface area contributed by atoms with E-state index in [1.165, 1.54) is 0 Å². The van der Waals surface area contributed by atoms with Crippen LogP contribution in [0.15, 0.2) is 36.5 Å². The molecule has 6 nitrogen and oxygen atoms in total. The van der Waals surface area contributed by atoms with Crippen LogP contribution in [-0.4, -0.2) is 41.7 Å². The number of aryl methyl sites for hydroxylation is 1. The van der Waals surface area contributed by atoms with E-state index in [4.69, 9.17) is 0 Å². The van der Waals surface area contributed by atoms with Crippen LogP contribution in [-0.2, 0) is 9.84 Å². The number of nitrogens with zero attached hydrogens (tertiary/aromatic N) is 2. The number of carbonyl (C=O) groups excluding carboxylic acids is 1. The summed E-state index contributed by atoms with van der Waals surface area (Å²) >= 11 is 0. The predicted octanol–water partition coefficient (Wildman–Crippen LogP) is 1.10. The number of aromatic nitrogens is 2. The van der Waals surface area contributed by atoms with Gasteiger partial charge in [0.1, 0.15) is 0 Å². The Bertz CT molecular complexity index is 794. The lowest BCUT2D eigenvalue weighted by molar-refractivity contribution is 0.0941. The molecule has 1 saturated heterocycles. The number of rotatable bonds is 3. The fourth-order valence-corrected chi connectivity index (χ4v) is 4.24. The van der Waals surface area contributed by atoms with Crippen LogP contribution in [0, 0.1) is 6.92 Å². The third-order valence-electron chi connectivity index (χ3n) is 3.77. The van der Waals surface area contributed by atoms with Gasteiger partial charge < -0.3 is 5.32 Å². The number of nitrogens with one attached hydrogen (secondary N) is 1. The molecule has 1 atom stereocenters. The van der Waals surface area contributed by atoms with Crippen LogP contribution in [0.2, 0.25) is 0 Å². The summed E-state index contributed by atoms with van der Waals surface area (Å²) < 4.78 is 24.6. The third kappa shape index (κ3) is 3.04. The molecule has 0 saturated carbocycles. The van der Waals surface area contributed by atoms with Crippen molar-refractivity contribution in [3.05, 3.63) is 47.8 Å². The van der Waals surface area contributed by atoms with Gasteiger partial charge in [-0.1, -0.05) is 0 Å². The van der Waals surface area contributed by atoms with E-state index < -0.39 is 9.84 Å². The van der Waals surface area contributed by atoms with Crippen LogP contribution in [0.25, 0.3) is 5.69 Å². The maximum absolute atomic E-state index is 12.1. The van der Waals surface area contributed by atoms with E-state index in [2.05, 4.69) is 10.4 Å². The molecule has 2 heterocycles. The molecule has 1 aromatic heterocycles. The monoisotopic (exact) mass is 319 g/mol. The van der Waals surface area contributed by atoms with Gasteiger partial charge in [-0.3, -0.25) is 4.79 Å². The molecule has 22 heavy (non-hydrogen) atoms. The SMILES string of the molecule is Cc1ccnn1-c1ccc(C(=O)N[C@@H]2CCS(=O)(=O)C2)cc1. The lowest BCUT2D eigenvalue weighted by Gasteiger charge is -2.11. The van der Waals surface area contributed by atoms with E-state index in [0.717, 1.165) is 11.4 Å². The lowest BCUT2D eigenvalue weighted by Crippen LogP contribution is -2.35.